The third kappa shape index (κ3) is 5.30. The van der Waals surface area contributed by atoms with Gasteiger partial charge < -0.3 is 14.4 Å². The van der Waals surface area contributed by atoms with Gasteiger partial charge in [-0.3, -0.25) is 9.69 Å². The molecule has 4 rings (SSSR count). The number of rotatable bonds is 6. The van der Waals surface area contributed by atoms with Crippen LogP contribution in [0.3, 0.4) is 0 Å². The highest BCUT2D eigenvalue weighted by molar-refractivity contribution is 14.1. The van der Waals surface area contributed by atoms with Crippen molar-refractivity contribution in [3.05, 3.63) is 94.4 Å². The third-order valence-electron chi connectivity index (χ3n) is 6.62. The fourth-order valence-corrected chi connectivity index (χ4v) is 5.56. The molecule has 7 heteroatoms. The SMILES string of the molecule is Cn1ccc(-c2ccc([C@](C)(I)N3CCC(CC(C)(C)O)(c4ccccc4)OC3=O)cc2)cc1=O. The predicted molar refractivity (Wildman–Crippen MR) is 145 cm³/mol. The van der Waals surface area contributed by atoms with E-state index in [0.29, 0.717) is 19.4 Å². The number of hydrogen-bond acceptors (Lipinski definition) is 4. The lowest BCUT2D eigenvalue weighted by Crippen LogP contribution is -2.54. The summed E-state index contributed by atoms with van der Waals surface area (Å²) in [6.45, 7) is 5.96. The second-order valence-corrected chi connectivity index (χ2v) is 12.1. The predicted octanol–water partition coefficient (Wildman–Crippen LogP) is 5.56. The first kappa shape index (κ1) is 25.4. The minimum Gasteiger partial charge on any atom is -0.438 e. The van der Waals surface area contributed by atoms with E-state index >= 15 is 0 Å². The molecule has 6 nitrogen and oxygen atoms in total. The smallest absolute Gasteiger partial charge is 0.412 e. The van der Waals surface area contributed by atoms with Crippen molar-refractivity contribution in [1.29, 1.82) is 0 Å². The zero-order chi connectivity index (χ0) is 25.4. The summed E-state index contributed by atoms with van der Waals surface area (Å²) in [4.78, 5) is 27.2. The van der Waals surface area contributed by atoms with Crippen molar-refractivity contribution in [2.45, 2.75) is 48.4 Å². The van der Waals surface area contributed by atoms with Gasteiger partial charge >= 0.3 is 6.09 Å². The Hall–Kier alpha value is -2.65. The van der Waals surface area contributed by atoms with Crippen molar-refractivity contribution >= 4 is 28.7 Å². The van der Waals surface area contributed by atoms with Gasteiger partial charge in [0, 0.05) is 38.7 Å². The number of aromatic nitrogens is 1. The van der Waals surface area contributed by atoms with Gasteiger partial charge in [0.25, 0.3) is 5.56 Å². The van der Waals surface area contributed by atoms with Crippen LogP contribution >= 0.6 is 22.6 Å². The van der Waals surface area contributed by atoms with Crippen LogP contribution in [0, 0.1) is 0 Å². The molecule has 184 valence electrons. The molecule has 0 radical (unpaired) electrons. The molecule has 2 heterocycles. The number of pyridine rings is 1. The Balaban J connectivity index is 1.59. The maximum absolute atomic E-state index is 13.4. The number of carbonyl (C=O) groups excluding carboxylic acids is 1. The minimum absolute atomic E-state index is 0.0608. The number of nitrogens with zero attached hydrogens (tertiary/aromatic N) is 2. The van der Waals surface area contributed by atoms with E-state index in [9.17, 15) is 14.7 Å². The van der Waals surface area contributed by atoms with Crippen LogP contribution in [0.4, 0.5) is 4.79 Å². The van der Waals surface area contributed by atoms with Crippen LogP contribution in [0.5, 0.6) is 0 Å². The molecule has 1 amide bonds. The molecule has 2 atom stereocenters. The van der Waals surface area contributed by atoms with E-state index in [1.165, 1.54) is 4.57 Å². The van der Waals surface area contributed by atoms with Crippen LogP contribution in [0.25, 0.3) is 11.1 Å². The van der Waals surface area contributed by atoms with Gasteiger partial charge in [0.15, 0.2) is 0 Å². The molecule has 1 aliphatic rings. The van der Waals surface area contributed by atoms with Gasteiger partial charge in [0.2, 0.25) is 0 Å². The molecule has 3 aromatic rings. The monoisotopic (exact) mass is 586 g/mol. The molecule has 35 heavy (non-hydrogen) atoms. The maximum atomic E-state index is 13.4. The summed E-state index contributed by atoms with van der Waals surface area (Å²) in [6.07, 6.45) is 2.23. The van der Waals surface area contributed by atoms with Gasteiger partial charge in [-0.05, 0) is 71.7 Å². The average molecular weight is 586 g/mol. The van der Waals surface area contributed by atoms with Crippen LogP contribution in [0.15, 0.2) is 77.7 Å². The van der Waals surface area contributed by atoms with Crippen molar-refractivity contribution in [2.75, 3.05) is 6.54 Å². The number of hydrogen-bond donors (Lipinski definition) is 1. The molecule has 1 N–H and O–H groups in total. The molecule has 0 aliphatic carbocycles. The van der Waals surface area contributed by atoms with Crippen molar-refractivity contribution < 1.29 is 14.6 Å². The van der Waals surface area contributed by atoms with Gasteiger partial charge in [-0.15, -0.1) is 0 Å². The quantitative estimate of drug-likeness (QED) is 0.233. The Bertz CT molecular complexity index is 1260. The molecule has 1 saturated heterocycles. The summed E-state index contributed by atoms with van der Waals surface area (Å²) in [5.74, 6) is 0. The minimum atomic E-state index is -1.000. The summed E-state index contributed by atoms with van der Waals surface area (Å²) in [5, 5.41) is 10.6. The molecular formula is C28H31IN2O4. The van der Waals surface area contributed by atoms with E-state index in [1.54, 1.807) is 38.1 Å². The zero-order valence-corrected chi connectivity index (χ0v) is 22.7. The van der Waals surface area contributed by atoms with Gasteiger partial charge in [-0.2, -0.15) is 0 Å². The fraction of sp³-hybridized carbons (Fsp3) is 0.357. The second kappa shape index (κ2) is 9.43. The van der Waals surface area contributed by atoms with Crippen LogP contribution in [-0.4, -0.2) is 32.8 Å². The maximum Gasteiger partial charge on any atom is 0.412 e. The summed E-state index contributed by atoms with van der Waals surface area (Å²) < 4.78 is 7.05. The van der Waals surface area contributed by atoms with Crippen molar-refractivity contribution in [3.8, 4) is 11.1 Å². The number of carbonyl (C=O) groups is 1. The molecular weight excluding hydrogens is 555 g/mol. The number of aryl methyl sites for hydroxylation is 1. The van der Waals surface area contributed by atoms with Gasteiger partial charge in [0.1, 0.15) is 9.15 Å². The van der Waals surface area contributed by atoms with E-state index in [1.807, 2.05) is 67.6 Å². The summed E-state index contributed by atoms with van der Waals surface area (Å²) in [5.41, 5.74) is 1.69. The van der Waals surface area contributed by atoms with Crippen molar-refractivity contribution in [2.24, 2.45) is 7.05 Å². The van der Waals surface area contributed by atoms with E-state index in [-0.39, 0.29) is 5.56 Å². The van der Waals surface area contributed by atoms with Gasteiger partial charge in [0.05, 0.1) is 5.60 Å². The summed E-state index contributed by atoms with van der Waals surface area (Å²) in [6, 6.07) is 21.1. The van der Waals surface area contributed by atoms with Crippen LogP contribution in [0.1, 0.15) is 44.7 Å². The van der Waals surface area contributed by atoms with Crippen molar-refractivity contribution in [1.82, 2.24) is 9.47 Å². The number of amides is 1. The topological polar surface area (TPSA) is 71.8 Å². The average Bonchev–Trinajstić information content (AvgIpc) is 2.80. The molecule has 1 unspecified atom stereocenters. The number of alkyl halides is 1. The third-order valence-corrected chi connectivity index (χ3v) is 7.82. The fourth-order valence-electron chi connectivity index (χ4n) is 4.76. The van der Waals surface area contributed by atoms with E-state index in [4.69, 9.17) is 4.74 Å². The van der Waals surface area contributed by atoms with E-state index in [2.05, 4.69) is 22.6 Å². The lowest BCUT2D eigenvalue weighted by atomic mass is 9.80. The standard InChI is InChI=1S/C28H31IN2O4/c1-26(2,34)19-28(23-8-6-5-7-9-23)15-17-31(25(33)35-28)27(3,29)22-12-10-20(11-13-22)21-14-16-30(4)24(32)18-21/h5-14,16,18,34H,15,17,19H2,1-4H3/t27-,28?/m1/s1. The summed E-state index contributed by atoms with van der Waals surface area (Å²) in [7, 11) is 1.72. The first-order valence-electron chi connectivity index (χ1n) is 11.7. The van der Waals surface area contributed by atoms with Crippen LogP contribution < -0.4 is 5.56 Å². The number of ether oxygens (including phenoxy) is 1. The highest BCUT2D eigenvalue weighted by atomic mass is 127. The van der Waals surface area contributed by atoms with E-state index in [0.717, 1.165) is 22.3 Å². The number of aliphatic hydroxyl groups is 1. The molecule has 2 aromatic carbocycles. The Morgan fingerprint density at radius 3 is 2.23 bits per heavy atom. The van der Waals surface area contributed by atoms with Gasteiger partial charge in [-0.1, -0.05) is 54.6 Å². The molecule has 1 fully saturated rings. The Kier molecular flexibility index (Phi) is 6.85. The van der Waals surface area contributed by atoms with E-state index < -0.39 is 20.8 Å². The van der Waals surface area contributed by atoms with Gasteiger partial charge in [-0.25, -0.2) is 4.79 Å². The molecule has 1 aliphatic heterocycles. The highest BCUT2D eigenvalue weighted by Gasteiger charge is 2.49. The lowest BCUT2D eigenvalue weighted by Gasteiger charge is -2.47. The summed E-state index contributed by atoms with van der Waals surface area (Å²) >= 11 is 2.29. The Labute approximate surface area is 219 Å². The molecule has 0 saturated carbocycles. The lowest BCUT2D eigenvalue weighted by molar-refractivity contribution is -0.102. The Morgan fingerprint density at radius 2 is 1.66 bits per heavy atom. The number of benzene rings is 2. The molecule has 0 bridgehead atoms. The molecule has 0 spiro atoms. The first-order valence-corrected chi connectivity index (χ1v) is 12.7. The normalized spacial score (nSPS) is 20.3. The first-order chi connectivity index (χ1) is 16.4. The highest BCUT2D eigenvalue weighted by Crippen LogP contribution is 2.45. The second-order valence-electron chi connectivity index (χ2n) is 10.0. The number of halogens is 1. The number of cyclic esters (lactones) is 1. The van der Waals surface area contributed by atoms with Crippen molar-refractivity contribution in [3.63, 3.8) is 0 Å². The zero-order valence-electron chi connectivity index (χ0n) is 20.5. The van der Waals surface area contributed by atoms with Crippen LogP contribution in [0.2, 0.25) is 0 Å². The largest absolute Gasteiger partial charge is 0.438 e. The Morgan fingerprint density at radius 1 is 1.00 bits per heavy atom. The molecule has 1 aromatic heterocycles. The van der Waals surface area contributed by atoms with Crippen LogP contribution in [-0.2, 0) is 20.9 Å².